The van der Waals surface area contributed by atoms with Crippen molar-refractivity contribution < 1.29 is 14.3 Å². The summed E-state index contributed by atoms with van der Waals surface area (Å²) < 4.78 is 4.93. The van der Waals surface area contributed by atoms with Gasteiger partial charge in [0.05, 0.1) is 22.3 Å². The minimum absolute atomic E-state index is 0.133. The molecule has 2 N–H and O–H groups in total. The van der Waals surface area contributed by atoms with Crippen LogP contribution in [0.4, 0.5) is 0 Å². The van der Waals surface area contributed by atoms with Crippen LogP contribution in [0.15, 0.2) is 29.1 Å². The van der Waals surface area contributed by atoms with Gasteiger partial charge in [0.2, 0.25) is 0 Å². The summed E-state index contributed by atoms with van der Waals surface area (Å²) >= 11 is 1.32. The quantitative estimate of drug-likeness (QED) is 0.841. The van der Waals surface area contributed by atoms with Crippen LogP contribution in [0.1, 0.15) is 25.7 Å². The number of amides is 1. The van der Waals surface area contributed by atoms with Gasteiger partial charge in [0.1, 0.15) is 6.61 Å². The van der Waals surface area contributed by atoms with Gasteiger partial charge in [-0.1, -0.05) is 11.8 Å². The maximum Gasteiger partial charge on any atom is 0.261 e. The molecule has 2 heterocycles. The van der Waals surface area contributed by atoms with Gasteiger partial charge in [-0.3, -0.25) is 4.79 Å². The topological polar surface area (TPSA) is 62.5 Å². The van der Waals surface area contributed by atoms with Crippen LogP contribution in [-0.4, -0.2) is 17.6 Å². The SMILES string of the molecule is Cc1cc(C(=O)NCc2ccoc2)sc1C#CCO. The van der Waals surface area contributed by atoms with E-state index in [0.717, 1.165) is 16.0 Å². The second-order valence-electron chi connectivity index (χ2n) is 3.90. The third-order valence-corrected chi connectivity index (χ3v) is 3.61. The van der Waals surface area contributed by atoms with E-state index < -0.39 is 0 Å². The molecule has 1 amide bonds. The first kappa shape index (κ1) is 13.4. The second-order valence-corrected chi connectivity index (χ2v) is 4.95. The molecule has 0 unspecified atom stereocenters. The normalized spacial score (nSPS) is 9.79. The number of aliphatic hydroxyl groups is 1. The largest absolute Gasteiger partial charge is 0.472 e. The molecule has 2 aromatic rings. The molecule has 0 aliphatic rings. The standard InChI is InChI=1S/C14H13NO3S/c1-10-7-13(19-12(10)3-2-5-16)14(17)15-8-11-4-6-18-9-11/h4,6-7,9,16H,5,8H2,1H3,(H,15,17). The number of rotatable bonds is 3. The molecular weight excluding hydrogens is 262 g/mol. The van der Waals surface area contributed by atoms with Crippen molar-refractivity contribution in [3.8, 4) is 11.8 Å². The van der Waals surface area contributed by atoms with E-state index in [1.165, 1.54) is 11.3 Å². The van der Waals surface area contributed by atoms with Crippen molar-refractivity contribution in [3.05, 3.63) is 45.5 Å². The van der Waals surface area contributed by atoms with Gasteiger partial charge in [-0.15, -0.1) is 11.3 Å². The van der Waals surface area contributed by atoms with Crippen LogP contribution in [0.3, 0.4) is 0 Å². The van der Waals surface area contributed by atoms with E-state index in [2.05, 4.69) is 17.2 Å². The lowest BCUT2D eigenvalue weighted by atomic mass is 10.2. The first-order chi connectivity index (χ1) is 9.20. The Kier molecular flexibility index (Phi) is 4.39. The van der Waals surface area contributed by atoms with Crippen LogP contribution in [0.5, 0.6) is 0 Å². The van der Waals surface area contributed by atoms with Gasteiger partial charge in [-0.05, 0) is 24.6 Å². The fraction of sp³-hybridized carbons (Fsp3) is 0.214. The van der Waals surface area contributed by atoms with Gasteiger partial charge in [0.15, 0.2) is 0 Å². The van der Waals surface area contributed by atoms with Crippen molar-refractivity contribution >= 4 is 17.2 Å². The van der Waals surface area contributed by atoms with Crippen LogP contribution in [0.2, 0.25) is 0 Å². The van der Waals surface area contributed by atoms with E-state index in [0.29, 0.717) is 11.4 Å². The molecule has 2 rings (SSSR count). The Labute approximate surface area is 115 Å². The first-order valence-corrected chi connectivity index (χ1v) is 6.52. The first-order valence-electron chi connectivity index (χ1n) is 5.70. The van der Waals surface area contributed by atoms with Gasteiger partial charge < -0.3 is 14.8 Å². The summed E-state index contributed by atoms with van der Waals surface area (Å²) in [4.78, 5) is 13.4. The van der Waals surface area contributed by atoms with E-state index in [1.54, 1.807) is 24.7 Å². The van der Waals surface area contributed by atoms with Gasteiger partial charge in [-0.25, -0.2) is 0 Å². The van der Waals surface area contributed by atoms with Gasteiger partial charge >= 0.3 is 0 Å². The molecule has 2 aromatic heterocycles. The molecule has 0 fully saturated rings. The lowest BCUT2D eigenvalue weighted by Gasteiger charge is -2.00. The Morgan fingerprint density at radius 3 is 3.11 bits per heavy atom. The van der Waals surface area contributed by atoms with Crippen LogP contribution in [-0.2, 0) is 6.54 Å². The average molecular weight is 275 g/mol. The van der Waals surface area contributed by atoms with Crippen molar-refractivity contribution in [1.29, 1.82) is 0 Å². The molecule has 0 spiro atoms. The van der Waals surface area contributed by atoms with Gasteiger partial charge in [0.25, 0.3) is 5.91 Å². The van der Waals surface area contributed by atoms with Crippen LogP contribution >= 0.6 is 11.3 Å². The number of aliphatic hydroxyl groups excluding tert-OH is 1. The molecule has 0 saturated heterocycles. The zero-order valence-electron chi connectivity index (χ0n) is 10.4. The minimum atomic E-state index is -0.181. The molecular formula is C14H13NO3S. The van der Waals surface area contributed by atoms with Crippen LogP contribution < -0.4 is 5.32 Å². The maximum absolute atomic E-state index is 12.0. The predicted molar refractivity (Wildman–Crippen MR) is 72.9 cm³/mol. The molecule has 0 atom stereocenters. The summed E-state index contributed by atoms with van der Waals surface area (Å²) in [6.45, 7) is 2.15. The summed E-state index contributed by atoms with van der Waals surface area (Å²) in [5.41, 5.74) is 1.86. The highest BCUT2D eigenvalue weighted by atomic mass is 32.1. The number of carbonyl (C=O) groups excluding carboxylic acids is 1. The molecule has 0 bridgehead atoms. The average Bonchev–Trinajstić information content (AvgIpc) is 3.03. The highest BCUT2D eigenvalue weighted by Gasteiger charge is 2.11. The Morgan fingerprint density at radius 1 is 1.58 bits per heavy atom. The molecule has 0 aliphatic heterocycles. The number of thiophene rings is 1. The number of carbonyl (C=O) groups is 1. The third kappa shape index (κ3) is 3.47. The van der Waals surface area contributed by atoms with E-state index in [-0.39, 0.29) is 12.5 Å². The summed E-state index contributed by atoms with van der Waals surface area (Å²) in [6, 6.07) is 3.61. The molecule has 98 valence electrons. The van der Waals surface area contributed by atoms with E-state index in [4.69, 9.17) is 9.52 Å². The molecule has 0 saturated carbocycles. The van der Waals surface area contributed by atoms with Crippen LogP contribution in [0, 0.1) is 18.8 Å². The van der Waals surface area contributed by atoms with Gasteiger partial charge in [0, 0.05) is 12.1 Å². The molecule has 0 aromatic carbocycles. The summed E-state index contributed by atoms with van der Waals surface area (Å²) in [7, 11) is 0. The highest BCUT2D eigenvalue weighted by Crippen LogP contribution is 2.20. The predicted octanol–water partition coefficient (Wildman–Crippen LogP) is 1.92. The monoisotopic (exact) mass is 275 g/mol. The second kappa shape index (κ2) is 6.23. The Balaban J connectivity index is 2.03. The van der Waals surface area contributed by atoms with Crippen molar-refractivity contribution in [2.24, 2.45) is 0 Å². The smallest absolute Gasteiger partial charge is 0.261 e. The van der Waals surface area contributed by atoms with Gasteiger partial charge in [-0.2, -0.15) is 0 Å². The van der Waals surface area contributed by atoms with E-state index in [1.807, 2.05) is 6.92 Å². The zero-order chi connectivity index (χ0) is 13.7. The molecule has 19 heavy (non-hydrogen) atoms. The number of furan rings is 1. The summed E-state index contributed by atoms with van der Waals surface area (Å²) in [5, 5.41) is 11.5. The molecule has 5 heteroatoms. The zero-order valence-corrected chi connectivity index (χ0v) is 11.2. The number of nitrogens with one attached hydrogen (secondary N) is 1. The van der Waals surface area contributed by atoms with Crippen molar-refractivity contribution in [1.82, 2.24) is 5.32 Å². The lowest BCUT2D eigenvalue weighted by Crippen LogP contribution is -2.21. The maximum atomic E-state index is 12.0. The number of hydrogen-bond acceptors (Lipinski definition) is 4. The fourth-order valence-corrected chi connectivity index (χ4v) is 2.46. The molecule has 0 radical (unpaired) electrons. The highest BCUT2D eigenvalue weighted by molar-refractivity contribution is 7.14. The van der Waals surface area contributed by atoms with E-state index in [9.17, 15) is 4.79 Å². The van der Waals surface area contributed by atoms with E-state index >= 15 is 0 Å². The van der Waals surface area contributed by atoms with Crippen molar-refractivity contribution in [3.63, 3.8) is 0 Å². The summed E-state index contributed by atoms with van der Waals surface area (Å²) in [5.74, 6) is 5.28. The molecule has 0 aliphatic carbocycles. The minimum Gasteiger partial charge on any atom is -0.472 e. The van der Waals surface area contributed by atoms with Crippen LogP contribution in [0.25, 0.3) is 0 Å². The molecule has 4 nitrogen and oxygen atoms in total. The third-order valence-electron chi connectivity index (χ3n) is 2.46. The number of aryl methyl sites for hydroxylation is 1. The Bertz CT molecular complexity index is 617. The summed E-state index contributed by atoms with van der Waals surface area (Å²) in [6.07, 6.45) is 3.16. The van der Waals surface area contributed by atoms with Crippen molar-refractivity contribution in [2.45, 2.75) is 13.5 Å². The van der Waals surface area contributed by atoms with Crippen molar-refractivity contribution in [2.75, 3.05) is 6.61 Å². The Morgan fingerprint density at radius 2 is 2.42 bits per heavy atom. The lowest BCUT2D eigenvalue weighted by molar-refractivity contribution is 0.0955. The fourth-order valence-electron chi connectivity index (χ4n) is 1.50. The Hall–Kier alpha value is -2.03. The number of hydrogen-bond donors (Lipinski definition) is 2.